The quantitative estimate of drug-likeness (QED) is 0.633. The highest BCUT2D eigenvalue weighted by molar-refractivity contribution is 5.90. The van der Waals surface area contributed by atoms with E-state index in [4.69, 9.17) is 10.5 Å². The maximum Gasteiger partial charge on any atom is 0.328 e. The fourth-order valence-electron chi connectivity index (χ4n) is 1.64. The maximum atomic E-state index is 12.1. The van der Waals surface area contributed by atoms with Gasteiger partial charge in [0.05, 0.1) is 0 Å². The van der Waals surface area contributed by atoms with Crippen LogP contribution in [-0.2, 0) is 14.3 Å². The molecule has 0 radical (unpaired) electrons. The third kappa shape index (κ3) is 8.88. The van der Waals surface area contributed by atoms with Crippen molar-refractivity contribution in [2.45, 2.75) is 65.6 Å². The lowest BCUT2D eigenvalue weighted by atomic mass is 10.0. The number of hydrogen-bond acceptors (Lipinski definition) is 4. The Morgan fingerprint density at radius 1 is 1.10 bits per heavy atom. The summed E-state index contributed by atoms with van der Waals surface area (Å²) in [6, 6.07) is -2.35. The summed E-state index contributed by atoms with van der Waals surface area (Å²) in [5.74, 6) is -0.802. The first-order chi connectivity index (χ1) is 9.42. The molecule has 0 aliphatic heterocycles. The molecule has 122 valence electrons. The van der Waals surface area contributed by atoms with Crippen LogP contribution in [0, 0.1) is 5.92 Å². The van der Waals surface area contributed by atoms with Crippen molar-refractivity contribution in [3.05, 3.63) is 0 Å². The molecule has 21 heavy (non-hydrogen) atoms. The zero-order chi connectivity index (χ0) is 16.8. The number of nitrogens with one attached hydrogen (secondary N) is 2. The zero-order valence-electron chi connectivity index (χ0n) is 13.6. The van der Waals surface area contributed by atoms with Crippen LogP contribution in [0.3, 0.4) is 0 Å². The third-order valence-corrected chi connectivity index (χ3v) is 2.46. The van der Waals surface area contributed by atoms with Crippen molar-refractivity contribution in [2.75, 3.05) is 0 Å². The second kappa shape index (κ2) is 7.85. The van der Waals surface area contributed by atoms with E-state index in [9.17, 15) is 14.4 Å². The standard InChI is InChI=1S/C14H27N3O4/c1-8(2)7-10(17-13(15)20)11(18)16-9(3)12(19)21-14(4,5)6/h8-10H,7H2,1-6H3,(H,16,18)(H3,15,17,20)/t9-,10?/m0/s1. The molecule has 0 aromatic rings. The number of ether oxygens (including phenoxy) is 1. The summed E-state index contributed by atoms with van der Waals surface area (Å²) in [7, 11) is 0. The number of primary amides is 1. The largest absolute Gasteiger partial charge is 0.458 e. The first kappa shape index (κ1) is 19.2. The van der Waals surface area contributed by atoms with Gasteiger partial charge >= 0.3 is 12.0 Å². The van der Waals surface area contributed by atoms with E-state index in [0.717, 1.165) is 0 Å². The van der Waals surface area contributed by atoms with Crippen molar-refractivity contribution in [2.24, 2.45) is 11.7 Å². The number of carbonyl (C=O) groups is 3. The van der Waals surface area contributed by atoms with Gasteiger partial charge in [0, 0.05) is 0 Å². The molecule has 0 fully saturated rings. The lowest BCUT2D eigenvalue weighted by Gasteiger charge is -2.24. The van der Waals surface area contributed by atoms with Crippen molar-refractivity contribution >= 4 is 17.9 Å². The van der Waals surface area contributed by atoms with Crippen molar-refractivity contribution in [1.82, 2.24) is 10.6 Å². The van der Waals surface area contributed by atoms with Crippen molar-refractivity contribution < 1.29 is 19.1 Å². The normalized spacial score (nSPS) is 14.2. The number of urea groups is 1. The summed E-state index contributed by atoms with van der Waals surface area (Å²) in [6.45, 7) is 10.6. The van der Waals surface area contributed by atoms with E-state index < -0.39 is 35.6 Å². The monoisotopic (exact) mass is 301 g/mol. The molecule has 0 aliphatic carbocycles. The molecule has 0 aliphatic rings. The van der Waals surface area contributed by atoms with Gasteiger partial charge < -0.3 is 21.1 Å². The highest BCUT2D eigenvalue weighted by Crippen LogP contribution is 2.09. The summed E-state index contributed by atoms with van der Waals surface area (Å²) in [5.41, 5.74) is 4.43. The van der Waals surface area contributed by atoms with Gasteiger partial charge in [0.1, 0.15) is 17.7 Å². The Balaban J connectivity index is 4.66. The number of carbonyl (C=O) groups excluding carboxylic acids is 3. The predicted molar refractivity (Wildman–Crippen MR) is 79.4 cm³/mol. The SMILES string of the molecule is CC(C)CC(NC(N)=O)C(=O)N[C@@H](C)C(=O)OC(C)(C)C. The van der Waals surface area contributed by atoms with Gasteiger partial charge in [-0.25, -0.2) is 9.59 Å². The van der Waals surface area contributed by atoms with Gasteiger partial charge in [-0.1, -0.05) is 13.8 Å². The highest BCUT2D eigenvalue weighted by atomic mass is 16.6. The molecule has 0 spiro atoms. The Bertz CT molecular complexity index is 388. The summed E-state index contributed by atoms with van der Waals surface area (Å²) < 4.78 is 5.18. The molecule has 4 N–H and O–H groups in total. The lowest BCUT2D eigenvalue weighted by molar-refractivity contribution is -0.158. The second-order valence-electron chi connectivity index (χ2n) is 6.45. The van der Waals surface area contributed by atoms with Gasteiger partial charge in [-0.05, 0) is 40.0 Å². The number of amides is 3. The molecule has 3 amide bonds. The minimum atomic E-state index is -0.805. The maximum absolute atomic E-state index is 12.1. The molecular formula is C14H27N3O4. The topological polar surface area (TPSA) is 111 Å². The Hall–Kier alpha value is -1.79. The molecule has 0 saturated heterocycles. The van der Waals surface area contributed by atoms with E-state index in [0.29, 0.717) is 6.42 Å². The molecule has 0 rings (SSSR count). The van der Waals surface area contributed by atoms with E-state index in [-0.39, 0.29) is 5.92 Å². The summed E-state index contributed by atoms with van der Waals surface area (Å²) in [4.78, 5) is 34.9. The Kier molecular flexibility index (Phi) is 7.18. The van der Waals surface area contributed by atoms with Crippen LogP contribution in [0.5, 0.6) is 0 Å². The summed E-state index contributed by atoms with van der Waals surface area (Å²) >= 11 is 0. The van der Waals surface area contributed by atoms with Crippen LogP contribution in [0.15, 0.2) is 0 Å². The van der Waals surface area contributed by atoms with Crippen LogP contribution in [0.2, 0.25) is 0 Å². The number of hydrogen-bond donors (Lipinski definition) is 3. The fraction of sp³-hybridized carbons (Fsp3) is 0.786. The smallest absolute Gasteiger partial charge is 0.328 e. The third-order valence-electron chi connectivity index (χ3n) is 2.46. The van der Waals surface area contributed by atoms with Gasteiger partial charge in [-0.2, -0.15) is 0 Å². The van der Waals surface area contributed by atoms with Crippen LogP contribution in [0.1, 0.15) is 48.0 Å². The average Bonchev–Trinajstić information content (AvgIpc) is 2.24. The molecule has 7 nitrogen and oxygen atoms in total. The fourth-order valence-corrected chi connectivity index (χ4v) is 1.64. The number of esters is 1. The van der Waals surface area contributed by atoms with Crippen LogP contribution >= 0.6 is 0 Å². The van der Waals surface area contributed by atoms with Crippen LogP contribution in [0.25, 0.3) is 0 Å². The van der Waals surface area contributed by atoms with Gasteiger partial charge in [-0.3, -0.25) is 4.79 Å². The molecule has 0 saturated carbocycles. The van der Waals surface area contributed by atoms with E-state index in [1.165, 1.54) is 6.92 Å². The molecule has 0 aromatic carbocycles. The highest BCUT2D eigenvalue weighted by Gasteiger charge is 2.27. The molecule has 7 heteroatoms. The molecular weight excluding hydrogens is 274 g/mol. The summed E-state index contributed by atoms with van der Waals surface area (Å²) in [6.07, 6.45) is 0.426. The second-order valence-corrected chi connectivity index (χ2v) is 6.45. The van der Waals surface area contributed by atoms with Crippen molar-refractivity contribution in [3.8, 4) is 0 Å². The van der Waals surface area contributed by atoms with Crippen LogP contribution in [0.4, 0.5) is 4.79 Å². The van der Waals surface area contributed by atoms with E-state index in [1.54, 1.807) is 20.8 Å². The molecule has 0 aromatic heterocycles. The van der Waals surface area contributed by atoms with E-state index in [2.05, 4.69) is 10.6 Å². The van der Waals surface area contributed by atoms with Gasteiger partial charge in [0.25, 0.3) is 0 Å². The Morgan fingerprint density at radius 3 is 2.00 bits per heavy atom. The van der Waals surface area contributed by atoms with E-state index in [1.807, 2.05) is 13.8 Å². The first-order valence-electron chi connectivity index (χ1n) is 7.01. The Morgan fingerprint density at radius 2 is 1.62 bits per heavy atom. The molecule has 0 heterocycles. The summed E-state index contributed by atoms with van der Waals surface area (Å²) in [5, 5.41) is 4.91. The van der Waals surface area contributed by atoms with Crippen LogP contribution < -0.4 is 16.4 Å². The molecule has 2 atom stereocenters. The minimum Gasteiger partial charge on any atom is -0.458 e. The molecule has 0 bridgehead atoms. The lowest BCUT2D eigenvalue weighted by Crippen LogP contribution is -2.53. The van der Waals surface area contributed by atoms with Gasteiger partial charge in [-0.15, -0.1) is 0 Å². The average molecular weight is 301 g/mol. The minimum absolute atomic E-state index is 0.185. The van der Waals surface area contributed by atoms with Crippen molar-refractivity contribution in [1.29, 1.82) is 0 Å². The zero-order valence-corrected chi connectivity index (χ0v) is 13.6. The van der Waals surface area contributed by atoms with Crippen molar-refractivity contribution in [3.63, 3.8) is 0 Å². The molecule has 1 unspecified atom stereocenters. The van der Waals surface area contributed by atoms with E-state index >= 15 is 0 Å². The van der Waals surface area contributed by atoms with Gasteiger partial charge in [0.2, 0.25) is 5.91 Å². The van der Waals surface area contributed by atoms with Crippen LogP contribution in [-0.4, -0.2) is 35.6 Å². The number of nitrogens with two attached hydrogens (primary N) is 1. The first-order valence-corrected chi connectivity index (χ1v) is 7.01. The predicted octanol–water partition coefficient (Wildman–Crippen LogP) is 0.916. The van der Waals surface area contributed by atoms with Gasteiger partial charge in [0.15, 0.2) is 0 Å². The Labute approximate surface area is 126 Å². The number of rotatable bonds is 6.